The molecule has 88 valence electrons. The van der Waals surface area contributed by atoms with Gasteiger partial charge in [-0.1, -0.05) is 36.8 Å². The summed E-state index contributed by atoms with van der Waals surface area (Å²) in [7, 11) is 0. The van der Waals surface area contributed by atoms with Gasteiger partial charge in [0.25, 0.3) is 0 Å². The maximum absolute atomic E-state index is 5.61. The number of aryl methyl sites for hydroxylation is 2. The van der Waals surface area contributed by atoms with Gasteiger partial charge in [0, 0.05) is 12.3 Å². The first-order valence-corrected chi connectivity index (χ1v) is 6.03. The minimum Gasteiger partial charge on any atom is -0.352 e. The van der Waals surface area contributed by atoms with Gasteiger partial charge >= 0.3 is 0 Å². The summed E-state index contributed by atoms with van der Waals surface area (Å²) in [6.45, 7) is 5.92. The van der Waals surface area contributed by atoms with Crippen molar-refractivity contribution in [1.82, 2.24) is 0 Å². The van der Waals surface area contributed by atoms with E-state index in [9.17, 15) is 0 Å². The second kappa shape index (κ2) is 5.46. The van der Waals surface area contributed by atoms with E-state index in [2.05, 4.69) is 38.1 Å². The smallest absolute Gasteiger partial charge is 0.157 e. The lowest BCUT2D eigenvalue weighted by molar-refractivity contribution is -0.199. The Kier molecular flexibility index (Phi) is 3.97. The average Bonchev–Trinajstić information content (AvgIpc) is 2.30. The summed E-state index contributed by atoms with van der Waals surface area (Å²) in [5.74, 6) is 0.538. The van der Waals surface area contributed by atoms with E-state index in [1.807, 2.05) is 0 Å². The summed E-state index contributed by atoms with van der Waals surface area (Å²) >= 11 is 0. The summed E-state index contributed by atoms with van der Waals surface area (Å²) < 4.78 is 11.2. The molecule has 2 rings (SSSR count). The molecule has 0 N–H and O–H groups in total. The zero-order valence-corrected chi connectivity index (χ0v) is 10.1. The third-order valence-corrected chi connectivity index (χ3v) is 2.92. The normalized spacial score (nSPS) is 25.6. The van der Waals surface area contributed by atoms with E-state index in [0.717, 1.165) is 26.1 Å². The Hall–Kier alpha value is -0.860. The van der Waals surface area contributed by atoms with E-state index in [1.165, 1.54) is 11.1 Å². The minimum absolute atomic E-state index is 0.00231. The van der Waals surface area contributed by atoms with Crippen molar-refractivity contribution in [2.24, 2.45) is 5.92 Å². The first kappa shape index (κ1) is 11.6. The van der Waals surface area contributed by atoms with Crippen LogP contribution in [-0.2, 0) is 15.9 Å². The van der Waals surface area contributed by atoms with Crippen molar-refractivity contribution in [3.8, 4) is 0 Å². The fraction of sp³-hybridized carbons (Fsp3) is 0.571. The largest absolute Gasteiger partial charge is 0.352 e. The number of rotatable bonds is 3. The van der Waals surface area contributed by atoms with E-state index in [1.54, 1.807) is 0 Å². The first-order valence-electron chi connectivity index (χ1n) is 6.03. The molecule has 1 aromatic rings. The quantitative estimate of drug-likeness (QED) is 0.779. The van der Waals surface area contributed by atoms with Gasteiger partial charge in [-0.2, -0.15) is 0 Å². The van der Waals surface area contributed by atoms with Gasteiger partial charge in [-0.25, -0.2) is 0 Å². The molecule has 1 fully saturated rings. The molecule has 0 spiro atoms. The van der Waals surface area contributed by atoms with Gasteiger partial charge in [0.2, 0.25) is 0 Å². The fourth-order valence-corrected chi connectivity index (χ4v) is 1.85. The van der Waals surface area contributed by atoms with Crippen molar-refractivity contribution < 1.29 is 9.47 Å². The Labute approximate surface area is 97.6 Å². The zero-order valence-electron chi connectivity index (χ0n) is 10.1. The topological polar surface area (TPSA) is 18.5 Å². The summed E-state index contributed by atoms with van der Waals surface area (Å²) in [5.41, 5.74) is 2.67. The Morgan fingerprint density at radius 1 is 1.12 bits per heavy atom. The molecule has 1 aliphatic rings. The van der Waals surface area contributed by atoms with Crippen LogP contribution in [0.25, 0.3) is 0 Å². The van der Waals surface area contributed by atoms with Gasteiger partial charge in [-0.05, 0) is 18.9 Å². The summed E-state index contributed by atoms with van der Waals surface area (Å²) in [4.78, 5) is 0. The van der Waals surface area contributed by atoms with E-state index in [-0.39, 0.29) is 6.29 Å². The average molecular weight is 220 g/mol. The van der Waals surface area contributed by atoms with Crippen LogP contribution in [0, 0.1) is 12.8 Å². The Morgan fingerprint density at radius 2 is 1.75 bits per heavy atom. The molecule has 1 aliphatic heterocycles. The molecule has 0 unspecified atom stereocenters. The van der Waals surface area contributed by atoms with Crippen LogP contribution in [0.15, 0.2) is 24.3 Å². The van der Waals surface area contributed by atoms with Crippen molar-refractivity contribution in [2.75, 3.05) is 13.2 Å². The van der Waals surface area contributed by atoms with Crippen LogP contribution in [0.3, 0.4) is 0 Å². The molecule has 2 heteroatoms. The molecule has 16 heavy (non-hydrogen) atoms. The highest BCUT2D eigenvalue weighted by Gasteiger charge is 2.18. The predicted molar refractivity (Wildman–Crippen MR) is 64.4 cm³/mol. The van der Waals surface area contributed by atoms with Crippen LogP contribution < -0.4 is 0 Å². The molecule has 1 saturated heterocycles. The summed E-state index contributed by atoms with van der Waals surface area (Å²) in [5, 5.41) is 0. The third kappa shape index (κ3) is 3.32. The Morgan fingerprint density at radius 3 is 2.38 bits per heavy atom. The molecule has 0 aromatic heterocycles. The molecule has 1 aromatic carbocycles. The van der Waals surface area contributed by atoms with Crippen LogP contribution >= 0.6 is 0 Å². The number of ether oxygens (including phenoxy) is 2. The molecule has 0 amide bonds. The maximum atomic E-state index is 5.61. The number of hydrogen-bond acceptors (Lipinski definition) is 2. The van der Waals surface area contributed by atoms with Crippen LogP contribution in [0.5, 0.6) is 0 Å². The van der Waals surface area contributed by atoms with Crippen LogP contribution in [0.4, 0.5) is 0 Å². The summed E-state index contributed by atoms with van der Waals surface area (Å²) in [6, 6.07) is 8.67. The van der Waals surface area contributed by atoms with Crippen molar-refractivity contribution in [3.63, 3.8) is 0 Å². The zero-order chi connectivity index (χ0) is 11.4. The standard InChI is InChI=1S/C14H20O2/c1-11-3-5-13(6-4-11)7-8-14-15-9-12(2)10-16-14/h3-6,12,14H,7-10H2,1-2H3. The lowest BCUT2D eigenvalue weighted by atomic mass is 10.1. The van der Waals surface area contributed by atoms with E-state index >= 15 is 0 Å². The van der Waals surface area contributed by atoms with Gasteiger partial charge < -0.3 is 9.47 Å². The van der Waals surface area contributed by atoms with Crippen molar-refractivity contribution in [2.45, 2.75) is 33.0 Å². The predicted octanol–water partition coefficient (Wildman–Crippen LogP) is 2.94. The fourth-order valence-electron chi connectivity index (χ4n) is 1.85. The monoisotopic (exact) mass is 220 g/mol. The third-order valence-electron chi connectivity index (χ3n) is 2.92. The van der Waals surface area contributed by atoms with Crippen molar-refractivity contribution in [1.29, 1.82) is 0 Å². The lowest BCUT2D eigenvalue weighted by Crippen LogP contribution is -2.30. The molecule has 0 bridgehead atoms. The van der Waals surface area contributed by atoms with E-state index < -0.39 is 0 Å². The van der Waals surface area contributed by atoms with Crippen molar-refractivity contribution in [3.05, 3.63) is 35.4 Å². The first-order chi connectivity index (χ1) is 7.74. The van der Waals surface area contributed by atoms with Gasteiger partial charge in [-0.15, -0.1) is 0 Å². The molecule has 0 aliphatic carbocycles. The summed E-state index contributed by atoms with van der Waals surface area (Å²) in [6.07, 6.45) is 1.98. The maximum Gasteiger partial charge on any atom is 0.157 e. The van der Waals surface area contributed by atoms with E-state index in [0.29, 0.717) is 5.92 Å². The molecule has 1 heterocycles. The molecule has 0 saturated carbocycles. The Balaban J connectivity index is 1.77. The van der Waals surface area contributed by atoms with Gasteiger partial charge in [-0.3, -0.25) is 0 Å². The second-order valence-corrected chi connectivity index (χ2v) is 4.73. The van der Waals surface area contributed by atoms with Crippen LogP contribution in [0.2, 0.25) is 0 Å². The van der Waals surface area contributed by atoms with Gasteiger partial charge in [0.1, 0.15) is 0 Å². The number of benzene rings is 1. The Bertz CT molecular complexity index is 310. The highest BCUT2D eigenvalue weighted by molar-refractivity contribution is 5.21. The molecular formula is C14H20O2. The lowest BCUT2D eigenvalue weighted by Gasteiger charge is -2.27. The van der Waals surface area contributed by atoms with E-state index in [4.69, 9.17) is 9.47 Å². The van der Waals surface area contributed by atoms with Gasteiger partial charge in [0.15, 0.2) is 6.29 Å². The second-order valence-electron chi connectivity index (χ2n) is 4.73. The van der Waals surface area contributed by atoms with Gasteiger partial charge in [0.05, 0.1) is 13.2 Å². The molecule has 2 nitrogen and oxygen atoms in total. The minimum atomic E-state index is -0.00231. The molecular weight excluding hydrogens is 200 g/mol. The molecule has 0 radical (unpaired) electrons. The van der Waals surface area contributed by atoms with Crippen LogP contribution in [-0.4, -0.2) is 19.5 Å². The van der Waals surface area contributed by atoms with Crippen LogP contribution in [0.1, 0.15) is 24.5 Å². The SMILES string of the molecule is Cc1ccc(CCC2OCC(C)CO2)cc1. The molecule has 0 atom stereocenters. The number of hydrogen-bond donors (Lipinski definition) is 0. The van der Waals surface area contributed by atoms with Crippen molar-refractivity contribution >= 4 is 0 Å². The highest BCUT2D eigenvalue weighted by Crippen LogP contribution is 2.15. The highest BCUT2D eigenvalue weighted by atomic mass is 16.7.